The van der Waals surface area contributed by atoms with E-state index in [0.717, 1.165) is 16.1 Å². The molecule has 0 aliphatic rings. The number of hydrogen-bond donors (Lipinski definition) is 3. The van der Waals surface area contributed by atoms with Crippen molar-refractivity contribution in [2.24, 2.45) is 0 Å². The van der Waals surface area contributed by atoms with Gasteiger partial charge >= 0.3 is 6.03 Å². The Kier molecular flexibility index (Phi) is 4.33. The lowest BCUT2D eigenvalue weighted by Gasteiger charge is -2.10. The van der Waals surface area contributed by atoms with Gasteiger partial charge in [0.2, 0.25) is 0 Å². The number of para-hydroxylation sites is 1. The normalized spacial score (nSPS) is 10.1. The van der Waals surface area contributed by atoms with Gasteiger partial charge in [-0.3, -0.25) is 0 Å². The van der Waals surface area contributed by atoms with Crippen molar-refractivity contribution in [1.29, 1.82) is 0 Å². The molecule has 0 unspecified atom stereocenters. The van der Waals surface area contributed by atoms with Gasteiger partial charge in [-0.25, -0.2) is 4.79 Å². The lowest BCUT2D eigenvalue weighted by Crippen LogP contribution is -2.31. The largest absolute Gasteiger partial charge is 0.395 e. The second-order valence-electron chi connectivity index (χ2n) is 3.63. The van der Waals surface area contributed by atoms with E-state index in [4.69, 9.17) is 5.11 Å². The summed E-state index contributed by atoms with van der Waals surface area (Å²) < 4.78 is 0. The summed E-state index contributed by atoms with van der Waals surface area (Å²) in [5.41, 5.74) is 1.75. The van der Waals surface area contributed by atoms with Gasteiger partial charge in [0.05, 0.1) is 12.3 Å². The molecule has 0 radical (unpaired) electrons. The van der Waals surface area contributed by atoms with Crippen LogP contribution in [0.5, 0.6) is 0 Å². The third kappa shape index (κ3) is 3.09. The summed E-state index contributed by atoms with van der Waals surface area (Å²) in [7, 11) is 0. The van der Waals surface area contributed by atoms with Crippen LogP contribution in [0, 0.1) is 0 Å². The highest BCUT2D eigenvalue weighted by Crippen LogP contribution is 2.31. The van der Waals surface area contributed by atoms with E-state index >= 15 is 0 Å². The molecular formula is C13H14N2O2S. The molecule has 2 aromatic rings. The monoisotopic (exact) mass is 262 g/mol. The number of aliphatic hydroxyl groups is 1. The molecule has 0 saturated carbocycles. The average molecular weight is 262 g/mol. The van der Waals surface area contributed by atoms with E-state index < -0.39 is 0 Å². The molecular weight excluding hydrogens is 248 g/mol. The first-order valence-electron chi connectivity index (χ1n) is 5.60. The van der Waals surface area contributed by atoms with Gasteiger partial charge in [-0.2, -0.15) is 0 Å². The fourth-order valence-electron chi connectivity index (χ4n) is 1.57. The minimum Gasteiger partial charge on any atom is -0.395 e. The number of urea groups is 1. The number of carbonyl (C=O) groups excluding carboxylic acids is 1. The second kappa shape index (κ2) is 6.18. The summed E-state index contributed by atoms with van der Waals surface area (Å²) in [6.45, 7) is 0.174. The highest BCUT2D eigenvalue weighted by Gasteiger charge is 2.07. The van der Waals surface area contributed by atoms with Crippen LogP contribution < -0.4 is 10.6 Å². The molecule has 18 heavy (non-hydrogen) atoms. The van der Waals surface area contributed by atoms with Crippen LogP contribution in [-0.2, 0) is 0 Å². The van der Waals surface area contributed by atoms with E-state index in [1.54, 1.807) is 11.3 Å². The van der Waals surface area contributed by atoms with Crippen LogP contribution >= 0.6 is 11.3 Å². The minimum absolute atomic E-state index is 0.0695. The number of amides is 2. The summed E-state index contributed by atoms with van der Waals surface area (Å²) in [6, 6.07) is 11.3. The number of carbonyl (C=O) groups is 1. The number of aliphatic hydroxyl groups excluding tert-OH is 1. The van der Waals surface area contributed by atoms with Crippen molar-refractivity contribution in [1.82, 2.24) is 5.32 Å². The van der Waals surface area contributed by atoms with E-state index in [9.17, 15) is 4.79 Å². The summed E-state index contributed by atoms with van der Waals surface area (Å²) in [4.78, 5) is 12.7. The lowest BCUT2D eigenvalue weighted by molar-refractivity contribution is 0.245. The third-order valence-corrected chi connectivity index (χ3v) is 3.26. The zero-order valence-corrected chi connectivity index (χ0v) is 10.5. The SMILES string of the molecule is O=C(NCCO)Nc1ccccc1-c1cccs1. The highest BCUT2D eigenvalue weighted by molar-refractivity contribution is 7.13. The van der Waals surface area contributed by atoms with Gasteiger partial charge in [-0.1, -0.05) is 24.3 Å². The van der Waals surface area contributed by atoms with E-state index in [2.05, 4.69) is 10.6 Å². The maximum Gasteiger partial charge on any atom is 0.319 e. The Morgan fingerprint density at radius 2 is 2.06 bits per heavy atom. The summed E-state index contributed by atoms with van der Waals surface area (Å²) in [5.74, 6) is 0. The number of nitrogens with one attached hydrogen (secondary N) is 2. The number of anilines is 1. The molecule has 5 heteroatoms. The van der Waals surface area contributed by atoms with Crippen molar-refractivity contribution < 1.29 is 9.90 Å². The Labute approximate surface area is 109 Å². The first-order valence-corrected chi connectivity index (χ1v) is 6.48. The molecule has 2 rings (SSSR count). The van der Waals surface area contributed by atoms with Gasteiger partial charge < -0.3 is 15.7 Å². The maximum absolute atomic E-state index is 11.6. The fourth-order valence-corrected chi connectivity index (χ4v) is 2.34. The van der Waals surface area contributed by atoms with Crippen LogP contribution in [0.25, 0.3) is 10.4 Å². The molecule has 2 amide bonds. The molecule has 3 N–H and O–H groups in total. The fraction of sp³-hybridized carbons (Fsp3) is 0.154. The molecule has 0 saturated heterocycles. The Morgan fingerprint density at radius 3 is 2.78 bits per heavy atom. The first kappa shape index (κ1) is 12.6. The average Bonchev–Trinajstić information content (AvgIpc) is 2.91. The summed E-state index contributed by atoms with van der Waals surface area (Å²) in [6.07, 6.45) is 0. The van der Waals surface area contributed by atoms with E-state index in [1.807, 2.05) is 41.8 Å². The van der Waals surface area contributed by atoms with Crippen LogP contribution in [-0.4, -0.2) is 24.3 Å². The first-order chi connectivity index (χ1) is 8.81. The molecule has 0 aliphatic heterocycles. The third-order valence-electron chi connectivity index (χ3n) is 2.36. The Hall–Kier alpha value is -1.85. The molecule has 94 valence electrons. The van der Waals surface area contributed by atoms with Gasteiger partial charge in [-0.15, -0.1) is 11.3 Å². The van der Waals surface area contributed by atoms with Crippen molar-refractivity contribution in [3.05, 3.63) is 41.8 Å². The Balaban J connectivity index is 2.16. The van der Waals surface area contributed by atoms with Crippen molar-refractivity contribution in [2.75, 3.05) is 18.5 Å². The van der Waals surface area contributed by atoms with Crippen molar-refractivity contribution in [3.8, 4) is 10.4 Å². The molecule has 1 aromatic heterocycles. The highest BCUT2D eigenvalue weighted by atomic mass is 32.1. The van der Waals surface area contributed by atoms with Crippen molar-refractivity contribution in [2.45, 2.75) is 0 Å². The van der Waals surface area contributed by atoms with Gasteiger partial charge in [0.15, 0.2) is 0 Å². The van der Waals surface area contributed by atoms with Gasteiger partial charge in [0.25, 0.3) is 0 Å². The van der Waals surface area contributed by atoms with Gasteiger partial charge in [0.1, 0.15) is 0 Å². The van der Waals surface area contributed by atoms with Crippen LogP contribution in [0.4, 0.5) is 10.5 Å². The molecule has 0 aliphatic carbocycles. The smallest absolute Gasteiger partial charge is 0.319 e. The Bertz CT molecular complexity index is 511. The molecule has 1 heterocycles. The lowest BCUT2D eigenvalue weighted by atomic mass is 10.1. The van der Waals surface area contributed by atoms with Crippen molar-refractivity contribution in [3.63, 3.8) is 0 Å². The molecule has 0 bridgehead atoms. The summed E-state index contributed by atoms with van der Waals surface area (Å²) >= 11 is 1.62. The topological polar surface area (TPSA) is 61.4 Å². The van der Waals surface area contributed by atoms with E-state index in [-0.39, 0.29) is 19.2 Å². The van der Waals surface area contributed by atoms with Gasteiger partial charge in [-0.05, 0) is 17.5 Å². The predicted octanol–water partition coefficient (Wildman–Crippen LogP) is 2.53. The summed E-state index contributed by atoms with van der Waals surface area (Å²) in [5, 5.41) is 16.0. The number of thiophene rings is 1. The van der Waals surface area contributed by atoms with Crippen LogP contribution in [0.2, 0.25) is 0 Å². The molecule has 1 aromatic carbocycles. The second-order valence-corrected chi connectivity index (χ2v) is 4.58. The maximum atomic E-state index is 11.6. The number of rotatable bonds is 4. The van der Waals surface area contributed by atoms with Crippen LogP contribution in [0.15, 0.2) is 41.8 Å². The standard InChI is InChI=1S/C13H14N2O2S/c16-8-7-14-13(17)15-11-5-2-1-4-10(11)12-6-3-9-18-12/h1-6,9,16H,7-8H2,(H2,14,15,17). The molecule has 0 atom stereocenters. The molecule has 0 fully saturated rings. The van der Waals surface area contributed by atoms with E-state index in [1.165, 1.54) is 0 Å². The van der Waals surface area contributed by atoms with Crippen LogP contribution in [0.3, 0.4) is 0 Å². The van der Waals surface area contributed by atoms with E-state index in [0.29, 0.717) is 0 Å². The molecule has 0 spiro atoms. The number of benzene rings is 1. The zero-order valence-electron chi connectivity index (χ0n) is 9.72. The number of hydrogen-bond acceptors (Lipinski definition) is 3. The van der Waals surface area contributed by atoms with Crippen molar-refractivity contribution >= 4 is 23.1 Å². The van der Waals surface area contributed by atoms with Gasteiger partial charge in [0, 0.05) is 17.0 Å². The predicted molar refractivity (Wildman–Crippen MR) is 73.9 cm³/mol. The van der Waals surface area contributed by atoms with Crippen LogP contribution in [0.1, 0.15) is 0 Å². The zero-order chi connectivity index (χ0) is 12.8. The minimum atomic E-state index is -0.312. The molecule has 4 nitrogen and oxygen atoms in total. The Morgan fingerprint density at radius 1 is 1.22 bits per heavy atom. The quantitative estimate of drug-likeness (QED) is 0.793.